The number of rotatable bonds is 5. The lowest BCUT2D eigenvalue weighted by Crippen LogP contribution is -2.26. The van der Waals surface area contributed by atoms with Crippen LogP contribution >= 0.6 is 0 Å². The first-order chi connectivity index (χ1) is 26.6. The number of nitrogens with zero attached hydrogens (tertiary/aromatic N) is 3. The summed E-state index contributed by atoms with van der Waals surface area (Å²) < 4.78 is 0. The number of hydrogen-bond donors (Lipinski definition) is 0. The molecule has 0 spiro atoms. The summed E-state index contributed by atoms with van der Waals surface area (Å²) in [5.74, 6) is 1.96. The van der Waals surface area contributed by atoms with Crippen molar-refractivity contribution in [3.63, 3.8) is 0 Å². The molecular weight excluding hydrogens is 655 g/mol. The fourth-order valence-electron chi connectivity index (χ4n) is 8.99. The molecule has 252 valence electrons. The van der Waals surface area contributed by atoms with Gasteiger partial charge >= 0.3 is 0 Å². The molecular formula is C51H33N3. The number of benzene rings is 8. The fraction of sp³-hybridized carbons (Fsp3) is 0.0392. The van der Waals surface area contributed by atoms with E-state index in [9.17, 15) is 0 Å². The smallest absolute Gasteiger partial charge is 0.164 e. The van der Waals surface area contributed by atoms with E-state index in [1.54, 1.807) is 0 Å². The van der Waals surface area contributed by atoms with Crippen molar-refractivity contribution in [2.75, 3.05) is 0 Å². The van der Waals surface area contributed by atoms with Crippen molar-refractivity contribution in [2.45, 2.75) is 12.3 Å². The van der Waals surface area contributed by atoms with E-state index in [1.165, 1.54) is 60.8 Å². The lowest BCUT2D eigenvalue weighted by Gasteiger charge is -2.36. The summed E-state index contributed by atoms with van der Waals surface area (Å²) in [5.41, 5.74) is 16.4. The topological polar surface area (TPSA) is 38.7 Å². The molecule has 1 unspecified atom stereocenters. The summed E-state index contributed by atoms with van der Waals surface area (Å²) in [7, 11) is 0. The van der Waals surface area contributed by atoms with Gasteiger partial charge in [0.1, 0.15) is 0 Å². The first-order valence-corrected chi connectivity index (χ1v) is 18.5. The molecule has 0 saturated heterocycles. The van der Waals surface area contributed by atoms with Crippen molar-refractivity contribution in [3.05, 3.63) is 199 Å². The molecule has 1 atom stereocenters. The minimum Gasteiger partial charge on any atom is -0.208 e. The Morgan fingerprint density at radius 3 is 1.46 bits per heavy atom. The average Bonchev–Trinajstić information content (AvgIpc) is 3.52. The van der Waals surface area contributed by atoms with E-state index >= 15 is 0 Å². The molecule has 0 amide bonds. The Bertz CT molecular complexity index is 2810. The lowest BCUT2D eigenvalue weighted by molar-refractivity contribution is 0.719. The summed E-state index contributed by atoms with van der Waals surface area (Å²) >= 11 is 0. The second kappa shape index (κ2) is 11.8. The van der Waals surface area contributed by atoms with Gasteiger partial charge in [-0.2, -0.15) is 0 Å². The third kappa shape index (κ3) is 4.52. The molecule has 11 rings (SSSR count). The van der Waals surface area contributed by atoms with Gasteiger partial charge in [-0.25, -0.2) is 15.0 Å². The number of hydrogen-bond acceptors (Lipinski definition) is 3. The third-order valence-electron chi connectivity index (χ3n) is 11.6. The molecule has 0 aliphatic heterocycles. The second-order valence-corrected chi connectivity index (χ2v) is 14.5. The van der Waals surface area contributed by atoms with E-state index in [1.807, 2.05) is 12.1 Å². The van der Waals surface area contributed by atoms with Gasteiger partial charge in [0.2, 0.25) is 0 Å². The van der Waals surface area contributed by atoms with Crippen molar-refractivity contribution >= 4 is 10.8 Å². The molecule has 0 N–H and O–H groups in total. The largest absolute Gasteiger partial charge is 0.208 e. The minimum atomic E-state index is -0.274. The van der Waals surface area contributed by atoms with Crippen LogP contribution in [-0.4, -0.2) is 15.0 Å². The molecule has 3 nitrogen and oxygen atoms in total. The maximum absolute atomic E-state index is 5.30. The minimum absolute atomic E-state index is 0.274. The van der Waals surface area contributed by atoms with Crippen molar-refractivity contribution in [3.8, 4) is 78.7 Å². The number of aromatic nitrogens is 3. The SMILES string of the molecule is CC12c3ccccc3-c3cccc(c31)-c1c(-c3nc(-c4ccc(-c5ccccc5)cc4)nc(-c4ccc(-c5ccccc5)cc4)n3)ccc3cccc2c13. The van der Waals surface area contributed by atoms with Gasteiger partial charge in [-0.3, -0.25) is 0 Å². The molecule has 0 bridgehead atoms. The Labute approximate surface area is 314 Å². The van der Waals surface area contributed by atoms with Crippen LogP contribution in [0.5, 0.6) is 0 Å². The summed E-state index contributed by atoms with van der Waals surface area (Å²) in [6.07, 6.45) is 0. The Morgan fingerprint density at radius 2 is 0.815 bits per heavy atom. The van der Waals surface area contributed by atoms with Gasteiger partial charge in [-0.1, -0.05) is 176 Å². The van der Waals surface area contributed by atoms with Gasteiger partial charge in [0, 0.05) is 27.7 Å². The van der Waals surface area contributed by atoms with Crippen LogP contribution in [0.4, 0.5) is 0 Å². The molecule has 1 aromatic heterocycles. The molecule has 3 heteroatoms. The van der Waals surface area contributed by atoms with Crippen molar-refractivity contribution in [1.29, 1.82) is 0 Å². The third-order valence-corrected chi connectivity index (χ3v) is 11.6. The molecule has 0 saturated carbocycles. The Kier molecular flexibility index (Phi) is 6.68. The summed E-state index contributed by atoms with van der Waals surface area (Å²) in [6.45, 7) is 2.41. The predicted molar refractivity (Wildman–Crippen MR) is 221 cm³/mol. The van der Waals surface area contributed by atoms with Gasteiger partial charge in [-0.05, 0) is 79.4 Å². The highest BCUT2D eigenvalue weighted by atomic mass is 15.0. The molecule has 2 aliphatic rings. The van der Waals surface area contributed by atoms with Crippen LogP contribution in [0.2, 0.25) is 0 Å². The molecule has 0 fully saturated rings. The van der Waals surface area contributed by atoms with Crippen LogP contribution in [0.25, 0.3) is 89.4 Å². The van der Waals surface area contributed by atoms with Gasteiger partial charge in [0.15, 0.2) is 17.5 Å². The van der Waals surface area contributed by atoms with E-state index in [0.717, 1.165) is 27.8 Å². The second-order valence-electron chi connectivity index (χ2n) is 14.5. The Hall–Kier alpha value is -6.97. The first kappa shape index (κ1) is 30.6. The van der Waals surface area contributed by atoms with Gasteiger partial charge in [-0.15, -0.1) is 0 Å². The van der Waals surface area contributed by atoms with E-state index < -0.39 is 0 Å². The normalized spacial score (nSPS) is 14.8. The molecule has 0 radical (unpaired) electrons. The van der Waals surface area contributed by atoms with Crippen LogP contribution in [0, 0.1) is 0 Å². The Balaban J connectivity index is 1.14. The van der Waals surface area contributed by atoms with E-state index in [0.29, 0.717) is 17.5 Å². The van der Waals surface area contributed by atoms with Crippen molar-refractivity contribution in [2.24, 2.45) is 0 Å². The first-order valence-electron chi connectivity index (χ1n) is 18.5. The number of fused-ring (bicyclic) bond motifs is 5. The van der Waals surface area contributed by atoms with Gasteiger partial charge in [0.25, 0.3) is 0 Å². The molecule has 1 heterocycles. The van der Waals surface area contributed by atoms with Crippen LogP contribution in [0.3, 0.4) is 0 Å². The highest BCUT2D eigenvalue weighted by Gasteiger charge is 2.46. The highest BCUT2D eigenvalue weighted by molar-refractivity contribution is 6.11. The fourth-order valence-corrected chi connectivity index (χ4v) is 8.99. The molecule has 9 aromatic rings. The maximum Gasteiger partial charge on any atom is 0.164 e. The van der Waals surface area contributed by atoms with Crippen LogP contribution < -0.4 is 0 Å². The molecule has 54 heavy (non-hydrogen) atoms. The summed E-state index contributed by atoms with van der Waals surface area (Å²) in [6, 6.07) is 65.0. The van der Waals surface area contributed by atoms with Crippen LogP contribution in [0.15, 0.2) is 182 Å². The lowest BCUT2D eigenvalue weighted by atomic mass is 9.65. The standard InChI is InChI=1S/C51H33N3/c1-51-43-20-9-8-17-39(43)40-18-11-19-41(47(40)51)46-42(31-30-36-16-10-21-44(51)45(36)46)50-53-48(37-26-22-34(23-27-37)32-12-4-2-5-13-32)52-49(54-50)38-28-24-35(25-29-38)33-14-6-3-7-15-33/h2-31H,1H3. The predicted octanol–water partition coefficient (Wildman–Crippen LogP) is 12.7. The summed E-state index contributed by atoms with van der Waals surface area (Å²) in [4.78, 5) is 15.8. The zero-order valence-corrected chi connectivity index (χ0v) is 29.7. The van der Waals surface area contributed by atoms with Crippen molar-refractivity contribution in [1.82, 2.24) is 15.0 Å². The zero-order chi connectivity index (χ0) is 35.8. The summed E-state index contributed by atoms with van der Waals surface area (Å²) in [5, 5.41) is 2.48. The van der Waals surface area contributed by atoms with Crippen molar-refractivity contribution < 1.29 is 0 Å². The zero-order valence-electron chi connectivity index (χ0n) is 29.7. The molecule has 8 aromatic carbocycles. The maximum atomic E-state index is 5.30. The van der Waals surface area contributed by atoms with Crippen LogP contribution in [0.1, 0.15) is 23.6 Å². The average molecular weight is 688 g/mol. The van der Waals surface area contributed by atoms with E-state index in [2.05, 4.69) is 177 Å². The Morgan fingerprint density at radius 1 is 0.333 bits per heavy atom. The highest BCUT2D eigenvalue weighted by Crippen LogP contribution is 2.61. The van der Waals surface area contributed by atoms with E-state index in [-0.39, 0.29) is 5.41 Å². The monoisotopic (exact) mass is 687 g/mol. The van der Waals surface area contributed by atoms with E-state index in [4.69, 9.17) is 15.0 Å². The van der Waals surface area contributed by atoms with Crippen LogP contribution in [-0.2, 0) is 5.41 Å². The molecule has 2 aliphatic carbocycles. The van der Waals surface area contributed by atoms with Gasteiger partial charge in [0.05, 0.1) is 0 Å². The van der Waals surface area contributed by atoms with Gasteiger partial charge < -0.3 is 0 Å². The quantitative estimate of drug-likeness (QED) is 0.181.